The van der Waals surface area contributed by atoms with Crippen LogP contribution in [0.5, 0.6) is 0 Å². The van der Waals surface area contributed by atoms with Crippen LogP contribution in [0.4, 0.5) is 0 Å². The zero-order valence-electron chi connectivity index (χ0n) is 10.6. The van der Waals surface area contributed by atoms with E-state index in [1.165, 1.54) is 0 Å². The molecule has 1 N–H and O–H groups in total. The molecule has 0 atom stereocenters. The molecule has 0 fully saturated rings. The van der Waals surface area contributed by atoms with Gasteiger partial charge in [-0.3, -0.25) is 9.36 Å². The van der Waals surface area contributed by atoms with Crippen molar-refractivity contribution in [2.24, 2.45) is 0 Å². The first-order valence-corrected chi connectivity index (χ1v) is 7.24. The third kappa shape index (κ3) is 6.99. The van der Waals surface area contributed by atoms with Crippen LogP contribution in [0.3, 0.4) is 0 Å². The summed E-state index contributed by atoms with van der Waals surface area (Å²) >= 11 is 0. The van der Waals surface area contributed by atoms with E-state index in [-0.39, 0.29) is 24.4 Å². The highest BCUT2D eigenvalue weighted by Crippen LogP contribution is 2.49. The number of amides is 1. The van der Waals surface area contributed by atoms with Crippen LogP contribution >= 0.6 is 7.60 Å². The van der Waals surface area contributed by atoms with Crippen molar-refractivity contribution >= 4 is 13.5 Å². The van der Waals surface area contributed by atoms with E-state index in [0.29, 0.717) is 6.42 Å². The molecule has 6 heteroatoms. The van der Waals surface area contributed by atoms with Gasteiger partial charge in [-0.25, -0.2) is 0 Å². The first-order chi connectivity index (χ1) is 7.29. The van der Waals surface area contributed by atoms with Gasteiger partial charge in [-0.2, -0.15) is 0 Å². The first-order valence-electron chi connectivity index (χ1n) is 5.51. The molecule has 0 radical (unpaired) electrons. The van der Waals surface area contributed by atoms with Crippen molar-refractivity contribution in [2.45, 2.75) is 53.2 Å². The third-order valence-corrected chi connectivity index (χ3v) is 3.56. The molecule has 0 saturated heterocycles. The summed E-state index contributed by atoms with van der Waals surface area (Å²) in [5.41, 5.74) is 0. The summed E-state index contributed by atoms with van der Waals surface area (Å²) in [6, 6.07) is 0. The maximum absolute atomic E-state index is 12.2. The fourth-order valence-corrected chi connectivity index (χ4v) is 2.91. The van der Waals surface area contributed by atoms with E-state index < -0.39 is 7.60 Å². The predicted octanol–water partition coefficient (Wildman–Crippen LogP) is 2.51. The van der Waals surface area contributed by atoms with Crippen molar-refractivity contribution in [3.63, 3.8) is 0 Å². The number of carbonyl (C=O) groups is 1. The summed E-state index contributed by atoms with van der Waals surface area (Å²) in [5.74, 6) is -0.167. The molecular formula is C10H22NO4P. The van der Waals surface area contributed by atoms with Crippen molar-refractivity contribution in [3.05, 3.63) is 0 Å². The minimum Gasteiger partial charge on any atom is -0.344 e. The van der Waals surface area contributed by atoms with Gasteiger partial charge in [0.15, 0.2) is 0 Å². The first kappa shape index (κ1) is 15.6. The minimum atomic E-state index is -3.23. The average Bonchev–Trinajstić information content (AvgIpc) is 2.11. The molecule has 96 valence electrons. The standard InChI is InChI=1S/C10H22NO4P/c1-6-10(12)11-7-16(13,14-8(2)3)15-9(4)5/h8-9H,6-7H2,1-5H3,(H,11,12). The van der Waals surface area contributed by atoms with Crippen LogP contribution in [0.1, 0.15) is 41.0 Å². The van der Waals surface area contributed by atoms with Gasteiger partial charge < -0.3 is 14.4 Å². The molecule has 0 aromatic rings. The van der Waals surface area contributed by atoms with Gasteiger partial charge in [-0.15, -0.1) is 0 Å². The maximum Gasteiger partial charge on any atom is 0.350 e. The summed E-state index contributed by atoms with van der Waals surface area (Å²) in [5, 5.41) is 2.53. The molecule has 16 heavy (non-hydrogen) atoms. The van der Waals surface area contributed by atoms with Crippen molar-refractivity contribution in [1.82, 2.24) is 5.32 Å². The summed E-state index contributed by atoms with van der Waals surface area (Å²) < 4.78 is 22.7. The molecule has 0 heterocycles. The smallest absolute Gasteiger partial charge is 0.344 e. The van der Waals surface area contributed by atoms with Crippen LogP contribution in [0.25, 0.3) is 0 Å². The zero-order valence-corrected chi connectivity index (χ0v) is 11.5. The molecule has 0 aromatic heterocycles. The summed E-state index contributed by atoms with van der Waals surface area (Å²) in [7, 11) is -3.23. The Balaban J connectivity index is 4.41. The van der Waals surface area contributed by atoms with Gasteiger partial charge in [0.05, 0.1) is 12.2 Å². The molecular weight excluding hydrogens is 229 g/mol. The molecule has 0 aliphatic carbocycles. The Morgan fingerprint density at radius 1 is 1.19 bits per heavy atom. The van der Waals surface area contributed by atoms with Crippen molar-refractivity contribution in [2.75, 3.05) is 6.29 Å². The Hall–Kier alpha value is -0.380. The van der Waals surface area contributed by atoms with Gasteiger partial charge in [0, 0.05) is 6.42 Å². The Morgan fingerprint density at radius 2 is 1.62 bits per heavy atom. The van der Waals surface area contributed by atoms with Gasteiger partial charge in [0.2, 0.25) is 5.91 Å². The fraction of sp³-hybridized carbons (Fsp3) is 0.900. The number of nitrogens with one attached hydrogen (secondary N) is 1. The van der Waals surface area contributed by atoms with E-state index >= 15 is 0 Å². The van der Waals surface area contributed by atoms with Crippen LogP contribution in [0.15, 0.2) is 0 Å². The SMILES string of the molecule is CCC(=O)NCP(=O)(OC(C)C)OC(C)C. The molecule has 0 aromatic carbocycles. The molecule has 0 bridgehead atoms. The van der Waals surface area contributed by atoms with Gasteiger partial charge in [0.25, 0.3) is 0 Å². The largest absolute Gasteiger partial charge is 0.350 e. The number of rotatable bonds is 7. The molecule has 0 unspecified atom stereocenters. The Kier molecular flexibility index (Phi) is 6.88. The molecule has 5 nitrogen and oxygen atoms in total. The quantitative estimate of drug-likeness (QED) is 0.706. The van der Waals surface area contributed by atoms with Crippen molar-refractivity contribution < 1.29 is 18.4 Å². The highest BCUT2D eigenvalue weighted by Gasteiger charge is 2.27. The lowest BCUT2D eigenvalue weighted by Gasteiger charge is -2.22. The Bertz CT molecular complexity index is 252. The Morgan fingerprint density at radius 3 is 1.94 bits per heavy atom. The molecule has 0 saturated carbocycles. The maximum atomic E-state index is 12.2. The average molecular weight is 251 g/mol. The molecule has 0 rings (SSSR count). The highest BCUT2D eigenvalue weighted by molar-refractivity contribution is 7.53. The normalized spacial score (nSPS) is 12.2. The van der Waals surface area contributed by atoms with Crippen LogP contribution in [-0.4, -0.2) is 24.4 Å². The number of carbonyl (C=O) groups excluding carboxylic acids is 1. The van der Waals surface area contributed by atoms with Crippen molar-refractivity contribution in [3.8, 4) is 0 Å². The molecule has 0 spiro atoms. The van der Waals surface area contributed by atoms with E-state index in [0.717, 1.165) is 0 Å². The summed E-state index contributed by atoms with van der Waals surface area (Å²) in [4.78, 5) is 11.1. The van der Waals surface area contributed by atoms with Crippen LogP contribution < -0.4 is 5.32 Å². The van der Waals surface area contributed by atoms with Gasteiger partial charge in [-0.05, 0) is 27.7 Å². The van der Waals surface area contributed by atoms with Crippen LogP contribution in [-0.2, 0) is 18.4 Å². The zero-order chi connectivity index (χ0) is 12.8. The van der Waals surface area contributed by atoms with Gasteiger partial charge in [-0.1, -0.05) is 6.92 Å². The number of hydrogen-bond donors (Lipinski definition) is 1. The second-order valence-electron chi connectivity index (χ2n) is 4.03. The lowest BCUT2D eigenvalue weighted by atomic mass is 10.5. The molecule has 1 amide bonds. The number of hydrogen-bond acceptors (Lipinski definition) is 4. The van der Waals surface area contributed by atoms with Crippen LogP contribution in [0.2, 0.25) is 0 Å². The van der Waals surface area contributed by atoms with E-state index in [1.54, 1.807) is 34.6 Å². The van der Waals surface area contributed by atoms with Gasteiger partial charge >= 0.3 is 7.60 Å². The lowest BCUT2D eigenvalue weighted by molar-refractivity contribution is -0.120. The van der Waals surface area contributed by atoms with Crippen molar-refractivity contribution in [1.29, 1.82) is 0 Å². The van der Waals surface area contributed by atoms with Gasteiger partial charge in [0.1, 0.15) is 6.29 Å². The lowest BCUT2D eigenvalue weighted by Crippen LogP contribution is -2.26. The predicted molar refractivity (Wildman–Crippen MR) is 63.3 cm³/mol. The third-order valence-electron chi connectivity index (χ3n) is 1.53. The fourth-order valence-electron chi connectivity index (χ4n) is 1.05. The van der Waals surface area contributed by atoms with Crippen LogP contribution in [0, 0.1) is 0 Å². The molecule has 0 aliphatic rings. The highest BCUT2D eigenvalue weighted by atomic mass is 31.2. The Labute approximate surface area is 97.4 Å². The second-order valence-corrected chi connectivity index (χ2v) is 5.99. The van der Waals surface area contributed by atoms with E-state index in [1.807, 2.05) is 0 Å². The summed E-state index contributed by atoms with van der Waals surface area (Å²) in [6.07, 6.45) is -0.134. The summed E-state index contributed by atoms with van der Waals surface area (Å²) in [6.45, 7) is 8.83. The minimum absolute atomic E-state index is 0.0734. The molecule has 0 aliphatic heterocycles. The van der Waals surface area contributed by atoms with E-state index in [4.69, 9.17) is 9.05 Å². The second kappa shape index (κ2) is 7.05. The topological polar surface area (TPSA) is 64.6 Å². The monoisotopic (exact) mass is 251 g/mol. The van der Waals surface area contributed by atoms with E-state index in [2.05, 4.69) is 5.32 Å². The van der Waals surface area contributed by atoms with E-state index in [9.17, 15) is 9.36 Å².